The van der Waals surface area contributed by atoms with E-state index in [-0.39, 0.29) is 0 Å². The lowest BCUT2D eigenvalue weighted by molar-refractivity contribution is -0.154. The maximum atomic E-state index is 11.3. The summed E-state index contributed by atoms with van der Waals surface area (Å²) in [5, 5.41) is 21.4. The zero-order valence-corrected chi connectivity index (χ0v) is 10.8. The van der Waals surface area contributed by atoms with Gasteiger partial charge in [-0.3, -0.25) is 0 Å². The van der Waals surface area contributed by atoms with E-state index in [1.54, 1.807) is 29.8 Å². The monoisotopic (exact) mass is 258 g/mol. The Kier molecular flexibility index (Phi) is 4.58. The summed E-state index contributed by atoms with van der Waals surface area (Å²) < 4.78 is 0. The van der Waals surface area contributed by atoms with Crippen LogP contribution in [0.4, 0.5) is 0 Å². The highest BCUT2D eigenvalue weighted by atomic mass is 32.2. The summed E-state index contributed by atoms with van der Waals surface area (Å²) in [6.07, 6.45) is 4.21. The van der Waals surface area contributed by atoms with E-state index in [0.717, 1.165) is 0 Å². The molecule has 1 aromatic heterocycles. The molecule has 0 fully saturated rings. The molecule has 2 N–H and O–H groups in total. The van der Waals surface area contributed by atoms with Gasteiger partial charge in [0, 0.05) is 4.91 Å². The highest BCUT2D eigenvalue weighted by molar-refractivity contribution is 8.02. The van der Waals surface area contributed by atoms with Crippen LogP contribution in [-0.2, 0) is 10.4 Å². The Labute approximate surface area is 103 Å². The van der Waals surface area contributed by atoms with Crippen LogP contribution in [0, 0.1) is 0 Å². The third-order valence-corrected chi connectivity index (χ3v) is 4.03. The van der Waals surface area contributed by atoms with Crippen LogP contribution in [0.2, 0.25) is 0 Å². The van der Waals surface area contributed by atoms with Crippen LogP contribution in [0.15, 0.2) is 28.5 Å². The van der Waals surface area contributed by atoms with E-state index < -0.39 is 11.6 Å². The van der Waals surface area contributed by atoms with Gasteiger partial charge in [-0.05, 0) is 24.1 Å². The van der Waals surface area contributed by atoms with Crippen LogP contribution < -0.4 is 0 Å². The average molecular weight is 258 g/mol. The molecule has 0 bridgehead atoms. The van der Waals surface area contributed by atoms with Crippen molar-refractivity contribution in [2.24, 2.45) is 0 Å². The maximum absolute atomic E-state index is 11.3. The molecule has 0 aliphatic rings. The fourth-order valence-corrected chi connectivity index (χ4v) is 3.10. The molecule has 0 amide bonds. The predicted molar refractivity (Wildman–Crippen MR) is 67.7 cm³/mol. The SMILES string of the molecule is CC/C=C(\SC)C(O)(C(=O)O)c1cccs1. The van der Waals surface area contributed by atoms with E-state index in [1.165, 1.54) is 23.1 Å². The highest BCUT2D eigenvalue weighted by Gasteiger charge is 2.42. The average Bonchev–Trinajstić information content (AvgIpc) is 2.78. The fraction of sp³-hybridized carbons (Fsp3) is 0.364. The van der Waals surface area contributed by atoms with Gasteiger partial charge in [0.05, 0.1) is 4.88 Å². The first kappa shape index (κ1) is 13.3. The van der Waals surface area contributed by atoms with Gasteiger partial charge in [-0.1, -0.05) is 19.1 Å². The molecule has 0 radical (unpaired) electrons. The molecule has 16 heavy (non-hydrogen) atoms. The van der Waals surface area contributed by atoms with Crippen molar-refractivity contribution >= 4 is 29.1 Å². The standard InChI is InChI=1S/C11H14O3S2/c1-3-5-8(15-2)11(14,10(12)13)9-6-4-7-16-9/h4-7,14H,3H2,1-2H3,(H,12,13)/b8-5-. The second-order valence-corrected chi connectivity index (χ2v) is 4.97. The minimum absolute atomic E-state index is 0.439. The molecule has 0 saturated carbocycles. The van der Waals surface area contributed by atoms with E-state index in [1.807, 2.05) is 6.92 Å². The molecule has 5 heteroatoms. The van der Waals surface area contributed by atoms with Crippen molar-refractivity contribution in [1.82, 2.24) is 0 Å². The Morgan fingerprint density at radius 3 is 2.75 bits per heavy atom. The molecule has 0 saturated heterocycles. The Morgan fingerprint density at radius 2 is 2.38 bits per heavy atom. The van der Waals surface area contributed by atoms with Gasteiger partial charge in [-0.25, -0.2) is 4.79 Å². The quantitative estimate of drug-likeness (QED) is 0.852. The van der Waals surface area contributed by atoms with Crippen LogP contribution in [0.5, 0.6) is 0 Å². The van der Waals surface area contributed by atoms with E-state index in [4.69, 9.17) is 0 Å². The van der Waals surface area contributed by atoms with E-state index in [9.17, 15) is 15.0 Å². The number of hydrogen-bond acceptors (Lipinski definition) is 4. The first-order valence-corrected chi connectivity index (χ1v) is 6.92. The molecule has 0 spiro atoms. The third-order valence-electron chi connectivity index (χ3n) is 2.15. The number of aliphatic carboxylic acids is 1. The van der Waals surface area contributed by atoms with E-state index >= 15 is 0 Å². The van der Waals surface area contributed by atoms with Gasteiger partial charge in [0.25, 0.3) is 0 Å². The number of thiophene rings is 1. The van der Waals surface area contributed by atoms with Crippen LogP contribution in [0.1, 0.15) is 18.2 Å². The second-order valence-electron chi connectivity index (χ2n) is 3.17. The van der Waals surface area contributed by atoms with Crippen LogP contribution in [-0.4, -0.2) is 22.4 Å². The number of rotatable bonds is 5. The highest BCUT2D eigenvalue weighted by Crippen LogP contribution is 2.38. The molecule has 1 unspecified atom stereocenters. The van der Waals surface area contributed by atoms with Crippen molar-refractivity contribution < 1.29 is 15.0 Å². The van der Waals surface area contributed by atoms with Gasteiger partial charge in [0.15, 0.2) is 0 Å². The molecule has 1 rings (SSSR count). The number of allylic oxidation sites excluding steroid dienone is 1. The van der Waals surface area contributed by atoms with Crippen LogP contribution >= 0.6 is 23.1 Å². The number of carboxylic acid groups (broad SMARTS) is 1. The smallest absolute Gasteiger partial charge is 0.346 e. The number of hydrogen-bond donors (Lipinski definition) is 2. The summed E-state index contributed by atoms with van der Waals surface area (Å²) in [5.74, 6) is -1.23. The summed E-state index contributed by atoms with van der Waals surface area (Å²) >= 11 is 2.51. The first-order valence-electron chi connectivity index (χ1n) is 4.81. The molecule has 3 nitrogen and oxygen atoms in total. The molecule has 88 valence electrons. The van der Waals surface area contributed by atoms with Gasteiger partial charge in [0.2, 0.25) is 5.60 Å². The van der Waals surface area contributed by atoms with Crippen molar-refractivity contribution in [3.8, 4) is 0 Å². The summed E-state index contributed by atoms with van der Waals surface area (Å²) in [4.78, 5) is 12.2. The van der Waals surface area contributed by atoms with Gasteiger partial charge in [-0.15, -0.1) is 23.1 Å². The van der Waals surface area contributed by atoms with Crippen molar-refractivity contribution in [3.05, 3.63) is 33.4 Å². The van der Waals surface area contributed by atoms with Gasteiger partial charge < -0.3 is 10.2 Å². The lowest BCUT2D eigenvalue weighted by Crippen LogP contribution is -2.35. The first-order chi connectivity index (χ1) is 7.57. The fourth-order valence-electron chi connectivity index (χ4n) is 1.38. The third kappa shape index (κ3) is 2.31. The topological polar surface area (TPSA) is 57.5 Å². The zero-order valence-electron chi connectivity index (χ0n) is 9.14. The number of aliphatic hydroxyl groups is 1. The van der Waals surface area contributed by atoms with Crippen LogP contribution in [0.25, 0.3) is 0 Å². The lowest BCUT2D eigenvalue weighted by atomic mass is 10.0. The van der Waals surface area contributed by atoms with Gasteiger partial charge >= 0.3 is 5.97 Å². The number of carbonyl (C=O) groups is 1. The minimum atomic E-state index is -1.90. The molecule has 0 aliphatic carbocycles. The largest absolute Gasteiger partial charge is 0.479 e. The maximum Gasteiger partial charge on any atom is 0.346 e. The molecule has 1 atom stereocenters. The lowest BCUT2D eigenvalue weighted by Gasteiger charge is -2.24. The Bertz CT molecular complexity index is 384. The molecule has 1 heterocycles. The van der Waals surface area contributed by atoms with Gasteiger partial charge in [-0.2, -0.15) is 0 Å². The Morgan fingerprint density at radius 1 is 1.69 bits per heavy atom. The molecular formula is C11H14O3S2. The molecule has 0 aliphatic heterocycles. The predicted octanol–water partition coefficient (Wildman–Crippen LogP) is 2.68. The normalized spacial score (nSPS) is 15.8. The van der Waals surface area contributed by atoms with E-state index in [2.05, 4.69) is 0 Å². The number of carboxylic acids is 1. The Hall–Kier alpha value is -0.780. The van der Waals surface area contributed by atoms with Gasteiger partial charge in [0.1, 0.15) is 0 Å². The summed E-state index contributed by atoms with van der Waals surface area (Å²) in [6.45, 7) is 1.91. The molecule has 0 aromatic carbocycles. The van der Waals surface area contributed by atoms with Crippen molar-refractivity contribution in [1.29, 1.82) is 0 Å². The minimum Gasteiger partial charge on any atom is -0.479 e. The van der Waals surface area contributed by atoms with Crippen molar-refractivity contribution in [2.75, 3.05) is 6.26 Å². The summed E-state index contributed by atoms with van der Waals surface area (Å²) in [7, 11) is 0. The summed E-state index contributed by atoms with van der Waals surface area (Å²) in [5.41, 5.74) is -1.90. The van der Waals surface area contributed by atoms with Crippen molar-refractivity contribution in [3.63, 3.8) is 0 Å². The second kappa shape index (κ2) is 5.52. The zero-order chi connectivity index (χ0) is 12.2. The molecule has 1 aromatic rings. The number of thioether (sulfide) groups is 1. The molecular weight excluding hydrogens is 244 g/mol. The van der Waals surface area contributed by atoms with E-state index in [0.29, 0.717) is 16.2 Å². The van der Waals surface area contributed by atoms with Crippen molar-refractivity contribution in [2.45, 2.75) is 18.9 Å². The summed E-state index contributed by atoms with van der Waals surface area (Å²) in [6, 6.07) is 3.37. The van der Waals surface area contributed by atoms with Crippen LogP contribution in [0.3, 0.4) is 0 Å². The Balaban J connectivity index is 3.26.